The summed E-state index contributed by atoms with van der Waals surface area (Å²) in [7, 11) is 0. The van der Waals surface area contributed by atoms with Crippen molar-refractivity contribution in [3.05, 3.63) is 10.8 Å². The molecule has 0 saturated carbocycles. The molecule has 1 fully saturated rings. The highest BCUT2D eigenvalue weighted by Crippen LogP contribution is 2.22. The van der Waals surface area contributed by atoms with Gasteiger partial charge in [-0.3, -0.25) is 4.79 Å². The molecule has 0 aliphatic carbocycles. The predicted molar refractivity (Wildman–Crippen MR) is 76.7 cm³/mol. The van der Waals surface area contributed by atoms with Crippen molar-refractivity contribution >= 4 is 22.2 Å². The number of nitrogens with zero attached hydrogens (tertiary/aromatic N) is 5. The average molecular weight is 293 g/mol. The minimum atomic E-state index is 0.261. The normalized spacial score (nSPS) is 19.1. The first-order valence-electron chi connectivity index (χ1n) is 7.16. The molecule has 108 valence electrons. The monoisotopic (exact) mass is 293 g/mol. The fraction of sp³-hybridized carbons (Fsp3) is 0.692. The van der Waals surface area contributed by atoms with Crippen molar-refractivity contribution in [2.45, 2.75) is 52.0 Å². The van der Waals surface area contributed by atoms with Crippen molar-refractivity contribution < 1.29 is 4.79 Å². The molecular weight excluding hydrogens is 274 g/mol. The quantitative estimate of drug-likeness (QED) is 0.862. The minimum Gasteiger partial charge on any atom is -0.340 e. The van der Waals surface area contributed by atoms with Crippen LogP contribution in [0, 0.1) is 6.92 Å². The van der Waals surface area contributed by atoms with Gasteiger partial charge in [0.25, 0.3) is 0 Å². The molecule has 0 aromatic carbocycles. The van der Waals surface area contributed by atoms with Gasteiger partial charge < -0.3 is 4.90 Å². The summed E-state index contributed by atoms with van der Waals surface area (Å²) in [6.45, 7) is 4.95. The summed E-state index contributed by atoms with van der Waals surface area (Å²) in [5.41, 5.74) is 0. The first-order chi connectivity index (χ1) is 9.69. The van der Waals surface area contributed by atoms with Crippen LogP contribution < -0.4 is 0 Å². The fourth-order valence-corrected chi connectivity index (χ4v) is 3.68. The summed E-state index contributed by atoms with van der Waals surface area (Å²) < 4.78 is 1.75. The molecule has 2 aromatic rings. The Balaban J connectivity index is 1.62. The van der Waals surface area contributed by atoms with Gasteiger partial charge in [0.1, 0.15) is 5.01 Å². The van der Waals surface area contributed by atoms with E-state index in [1.54, 1.807) is 4.52 Å². The number of carbonyl (C=O) groups is 1. The van der Waals surface area contributed by atoms with Crippen molar-refractivity contribution in [3.8, 4) is 0 Å². The highest BCUT2D eigenvalue weighted by molar-refractivity contribution is 7.16. The lowest BCUT2D eigenvalue weighted by atomic mass is 10.1. The second-order valence-corrected chi connectivity index (χ2v) is 6.27. The Labute approximate surface area is 121 Å². The summed E-state index contributed by atoms with van der Waals surface area (Å²) in [6, 6.07) is 0.447. The van der Waals surface area contributed by atoms with Gasteiger partial charge in [-0.15, -0.1) is 10.2 Å². The largest absolute Gasteiger partial charge is 0.340 e. The van der Waals surface area contributed by atoms with E-state index in [1.165, 1.54) is 11.3 Å². The Bertz CT molecular complexity index is 619. The van der Waals surface area contributed by atoms with Crippen molar-refractivity contribution in [3.63, 3.8) is 0 Å². The minimum absolute atomic E-state index is 0.261. The van der Waals surface area contributed by atoms with E-state index in [-0.39, 0.29) is 5.91 Å². The molecule has 0 radical (unpaired) electrons. The van der Waals surface area contributed by atoms with Crippen LogP contribution in [0.4, 0.5) is 0 Å². The number of hydrogen-bond donors (Lipinski definition) is 0. The molecule has 0 spiro atoms. The molecule has 1 aliphatic heterocycles. The van der Waals surface area contributed by atoms with Gasteiger partial charge in [0.05, 0.1) is 0 Å². The van der Waals surface area contributed by atoms with E-state index in [0.29, 0.717) is 18.9 Å². The zero-order valence-corrected chi connectivity index (χ0v) is 12.7. The van der Waals surface area contributed by atoms with Crippen LogP contribution in [0.1, 0.15) is 43.4 Å². The first kappa shape index (κ1) is 13.5. The number of aryl methyl sites for hydroxylation is 2. The maximum Gasteiger partial charge on any atom is 0.234 e. The number of amides is 1. The second-order valence-electron chi connectivity index (χ2n) is 5.23. The van der Waals surface area contributed by atoms with Crippen LogP contribution in [0.2, 0.25) is 0 Å². The average Bonchev–Trinajstić information content (AvgIpc) is 3.13. The molecule has 1 saturated heterocycles. The number of carbonyl (C=O) groups excluding carboxylic acids is 1. The lowest BCUT2D eigenvalue weighted by molar-refractivity contribution is -0.132. The third-order valence-corrected chi connectivity index (χ3v) is 4.87. The number of aromatic nitrogens is 4. The van der Waals surface area contributed by atoms with Gasteiger partial charge in [-0.05, 0) is 26.2 Å². The van der Waals surface area contributed by atoms with Crippen LogP contribution in [0.5, 0.6) is 0 Å². The van der Waals surface area contributed by atoms with Crippen LogP contribution in [0.25, 0.3) is 4.96 Å². The number of likely N-dealkylation sites (tertiary alicyclic amines) is 1. The van der Waals surface area contributed by atoms with Crippen LogP contribution in [-0.2, 0) is 11.2 Å². The van der Waals surface area contributed by atoms with Crippen LogP contribution in [0.3, 0.4) is 0 Å². The standard InChI is InChI=1S/C13H19N5OS/c1-3-10-5-4-8-17(10)12(19)7-6-11-16-18-9(2)14-15-13(18)20-11/h10H,3-8H2,1-2H3. The third-order valence-electron chi connectivity index (χ3n) is 3.91. The van der Waals surface area contributed by atoms with E-state index in [1.807, 2.05) is 11.8 Å². The summed E-state index contributed by atoms with van der Waals surface area (Å²) >= 11 is 1.52. The Morgan fingerprint density at radius 2 is 2.30 bits per heavy atom. The van der Waals surface area contributed by atoms with Gasteiger partial charge in [-0.25, -0.2) is 0 Å². The molecule has 6 nitrogen and oxygen atoms in total. The van der Waals surface area contributed by atoms with Gasteiger partial charge in [0.2, 0.25) is 10.9 Å². The summed E-state index contributed by atoms with van der Waals surface area (Å²) in [5, 5.41) is 13.4. The number of rotatable bonds is 4. The van der Waals surface area contributed by atoms with Crippen molar-refractivity contribution in [1.82, 2.24) is 24.7 Å². The Morgan fingerprint density at radius 3 is 3.05 bits per heavy atom. The lowest BCUT2D eigenvalue weighted by Gasteiger charge is -2.23. The highest BCUT2D eigenvalue weighted by Gasteiger charge is 2.26. The second kappa shape index (κ2) is 5.47. The fourth-order valence-electron chi connectivity index (χ4n) is 2.80. The Kier molecular flexibility index (Phi) is 3.69. The zero-order valence-electron chi connectivity index (χ0n) is 11.9. The van der Waals surface area contributed by atoms with Crippen molar-refractivity contribution in [2.24, 2.45) is 0 Å². The molecule has 1 aliphatic rings. The highest BCUT2D eigenvalue weighted by atomic mass is 32.1. The maximum atomic E-state index is 12.3. The van der Waals surface area contributed by atoms with E-state index in [2.05, 4.69) is 22.2 Å². The van der Waals surface area contributed by atoms with Crippen LogP contribution >= 0.6 is 11.3 Å². The van der Waals surface area contributed by atoms with Gasteiger partial charge >= 0.3 is 0 Å². The smallest absolute Gasteiger partial charge is 0.234 e. The van der Waals surface area contributed by atoms with E-state index in [0.717, 1.165) is 41.6 Å². The summed E-state index contributed by atoms with van der Waals surface area (Å²) in [6.07, 6.45) is 4.58. The molecule has 7 heteroatoms. The Morgan fingerprint density at radius 1 is 1.45 bits per heavy atom. The van der Waals surface area contributed by atoms with E-state index >= 15 is 0 Å². The summed E-state index contributed by atoms with van der Waals surface area (Å²) in [4.78, 5) is 15.1. The third kappa shape index (κ3) is 2.42. The Hall–Kier alpha value is -1.50. The molecule has 0 bridgehead atoms. The van der Waals surface area contributed by atoms with E-state index in [9.17, 15) is 4.79 Å². The van der Waals surface area contributed by atoms with Gasteiger partial charge in [0.15, 0.2) is 5.82 Å². The molecule has 3 heterocycles. The van der Waals surface area contributed by atoms with Gasteiger partial charge in [0, 0.05) is 25.4 Å². The molecule has 20 heavy (non-hydrogen) atoms. The topological polar surface area (TPSA) is 63.4 Å². The lowest BCUT2D eigenvalue weighted by Crippen LogP contribution is -2.35. The number of hydrogen-bond acceptors (Lipinski definition) is 5. The van der Waals surface area contributed by atoms with E-state index in [4.69, 9.17) is 0 Å². The first-order valence-corrected chi connectivity index (χ1v) is 7.98. The maximum absolute atomic E-state index is 12.3. The summed E-state index contributed by atoms with van der Waals surface area (Å²) in [5.74, 6) is 1.05. The molecule has 1 atom stereocenters. The molecule has 0 N–H and O–H groups in total. The van der Waals surface area contributed by atoms with Gasteiger partial charge in [-0.1, -0.05) is 18.3 Å². The van der Waals surface area contributed by atoms with Crippen LogP contribution in [-0.4, -0.2) is 43.2 Å². The molecular formula is C13H19N5OS. The zero-order chi connectivity index (χ0) is 14.1. The predicted octanol–water partition coefficient (Wildman–Crippen LogP) is 1.83. The number of fused-ring (bicyclic) bond motifs is 1. The van der Waals surface area contributed by atoms with Crippen LogP contribution in [0.15, 0.2) is 0 Å². The van der Waals surface area contributed by atoms with Gasteiger partial charge in [-0.2, -0.15) is 9.61 Å². The van der Waals surface area contributed by atoms with Crippen molar-refractivity contribution in [2.75, 3.05) is 6.54 Å². The molecule has 1 unspecified atom stereocenters. The van der Waals surface area contributed by atoms with Crippen molar-refractivity contribution in [1.29, 1.82) is 0 Å². The molecule has 1 amide bonds. The molecule has 3 rings (SSSR count). The SMILES string of the molecule is CCC1CCCN1C(=O)CCc1nn2c(C)nnc2s1. The molecule has 2 aromatic heterocycles. The van der Waals surface area contributed by atoms with E-state index < -0.39 is 0 Å².